The molecule has 1 aromatic heterocycles. The summed E-state index contributed by atoms with van der Waals surface area (Å²) in [6.07, 6.45) is 0. The first-order valence-electron chi connectivity index (χ1n) is 6.51. The minimum Gasteiger partial charge on any atom is -0.497 e. The van der Waals surface area contributed by atoms with Gasteiger partial charge in [0.15, 0.2) is 0 Å². The molecule has 7 heteroatoms. The topological polar surface area (TPSA) is 70.2 Å². The molecule has 0 saturated heterocycles. The Balaban J connectivity index is 2.02. The molecule has 112 valence electrons. The lowest BCUT2D eigenvalue weighted by Crippen LogP contribution is -2.00. The molecular formula is C15H12ClN3O3. The van der Waals surface area contributed by atoms with Crippen LogP contribution in [0.25, 0.3) is 11.0 Å². The molecule has 1 heterocycles. The molecule has 6 nitrogen and oxygen atoms in total. The van der Waals surface area contributed by atoms with Crippen LogP contribution >= 0.6 is 11.6 Å². The van der Waals surface area contributed by atoms with Crippen molar-refractivity contribution < 1.29 is 9.66 Å². The van der Waals surface area contributed by atoms with Gasteiger partial charge < -0.3 is 9.30 Å². The summed E-state index contributed by atoms with van der Waals surface area (Å²) in [6, 6.07) is 12.0. The first-order chi connectivity index (χ1) is 10.6. The number of nitro groups is 1. The van der Waals surface area contributed by atoms with Crippen molar-refractivity contribution >= 4 is 28.3 Å². The van der Waals surface area contributed by atoms with E-state index in [9.17, 15) is 10.1 Å². The highest BCUT2D eigenvalue weighted by Gasteiger charge is 2.14. The molecule has 2 aromatic carbocycles. The summed E-state index contributed by atoms with van der Waals surface area (Å²) in [4.78, 5) is 14.7. The Morgan fingerprint density at radius 2 is 2.00 bits per heavy atom. The van der Waals surface area contributed by atoms with E-state index in [4.69, 9.17) is 16.3 Å². The zero-order valence-electron chi connectivity index (χ0n) is 11.7. The number of aromatic nitrogens is 2. The van der Waals surface area contributed by atoms with Crippen molar-refractivity contribution in [1.29, 1.82) is 0 Å². The number of nitrogens with zero attached hydrogens (tertiary/aromatic N) is 3. The number of rotatable bonds is 4. The number of benzene rings is 2. The Hall–Kier alpha value is -2.60. The molecule has 0 N–H and O–H groups in total. The molecule has 0 bridgehead atoms. The van der Waals surface area contributed by atoms with Crippen LogP contribution in [0.5, 0.6) is 5.75 Å². The molecule has 0 radical (unpaired) electrons. The number of fused-ring (bicyclic) bond motifs is 1. The number of hydrogen-bond acceptors (Lipinski definition) is 4. The average molecular weight is 318 g/mol. The van der Waals surface area contributed by atoms with Crippen molar-refractivity contribution in [3.8, 4) is 5.75 Å². The lowest BCUT2D eigenvalue weighted by molar-refractivity contribution is -0.384. The standard InChI is InChI=1S/C15H12ClN3O3/c1-22-12-5-2-10(3-6-12)9-18-14-8-11(19(20)21)4-7-13(14)17-15(18)16/h2-8H,9H2,1H3. The molecule has 0 fully saturated rings. The van der Waals surface area contributed by atoms with E-state index in [1.807, 2.05) is 24.3 Å². The minimum absolute atomic E-state index is 0.0139. The highest BCUT2D eigenvalue weighted by molar-refractivity contribution is 6.29. The lowest BCUT2D eigenvalue weighted by Gasteiger charge is -2.07. The Labute approximate surface area is 131 Å². The third kappa shape index (κ3) is 2.60. The van der Waals surface area contributed by atoms with Crippen molar-refractivity contribution in [2.24, 2.45) is 0 Å². The van der Waals surface area contributed by atoms with Gasteiger partial charge >= 0.3 is 0 Å². The summed E-state index contributed by atoms with van der Waals surface area (Å²) in [5.41, 5.74) is 2.27. The number of ether oxygens (including phenoxy) is 1. The second-order valence-corrected chi connectivity index (χ2v) is 5.08. The van der Waals surface area contributed by atoms with Crippen LogP contribution in [-0.2, 0) is 6.54 Å². The quantitative estimate of drug-likeness (QED) is 0.544. The van der Waals surface area contributed by atoms with E-state index in [-0.39, 0.29) is 5.69 Å². The molecule has 0 saturated carbocycles. The molecule has 0 spiro atoms. The molecule has 0 unspecified atom stereocenters. The van der Waals surface area contributed by atoms with E-state index < -0.39 is 4.92 Å². The second-order valence-electron chi connectivity index (χ2n) is 4.75. The molecule has 3 aromatic rings. The van der Waals surface area contributed by atoms with Crippen LogP contribution < -0.4 is 4.74 Å². The molecule has 3 rings (SSSR count). The van der Waals surface area contributed by atoms with E-state index >= 15 is 0 Å². The summed E-state index contributed by atoms with van der Waals surface area (Å²) in [6.45, 7) is 0.473. The van der Waals surface area contributed by atoms with Crippen LogP contribution in [0.3, 0.4) is 0 Å². The van der Waals surface area contributed by atoms with E-state index in [0.29, 0.717) is 22.9 Å². The predicted molar refractivity (Wildman–Crippen MR) is 83.5 cm³/mol. The second kappa shape index (κ2) is 5.65. The van der Waals surface area contributed by atoms with Crippen molar-refractivity contribution in [3.63, 3.8) is 0 Å². The zero-order chi connectivity index (χ0) is 15.7. The maximum atomic E-state index is 10.9. The summed E-state index contributed by atoms with van der Waals surface area (Å²) in [5.74, 6) is 0.765. The van der Waals surface area contributed by atoms with Crippen LogP contribution in [0.2, 0.25) is 5.28 Å². The van der Waals surface area contributed by atoms with Gasteiger partial charge in [0.1, 0.15) is 5.75 Å². The van der Waals surface area contributed by atoms with Gasteiger partial charge in [0.05, 0.1) is 29.6 Å². The fraction of sp³-hybridized carbons (Fsp3) is 0.133. The van der Waals surface area contributed by atoms with E-state index in [2.05, 4.69) is 4.98 Å². The first-order valence-corrected chi connectivity index (χ1v) is 6.89. The number of halogens is 1. The molecule has 0 amide bonds. The number of methoxy groups -OCH3 is 1. The smallest absolute Gasteiger partial charge is 0.271 e. The molecule has 22 heavy (non-hydrogen) atoms. The Morgan fingerprint density at radius 3 is 2.64 bits per heavy atom. The predicted octanol–water partition coefficient (Wildman–Crippen LogP) is 3.65. The maximum Gasteiger partial charge on any atom is 0.271 e. The van der Waals surface area contributed by atoms with Gasteiger partial charge in [-0.25, -0.2) is 4.98 Å². The largest absolute Gasteiger partial charge is 0.497 e. The summed E-state index contributed by atoms with van der Waals surface area (Å²) in [7, 11) is 1.61. The van der Waals surface area contributed by atoms with Gasteiger partial charge in [-0.05, 0) is 35.4 Å². The molecule has 0 aliphatic rings. The number of hydrogen-bond donors (Lipinski definition) is 0. The fourth-order valence-electron chi connectivity index (χ4n) is 2.26. The number of nitro benzene ring substituents is 1. The average Bonchev–Trinajstić information content (AvgIpc) is 2.83. The van der Waals surface area contributed by atoms with Crippen LogP contribution in [0, 0.1) is 10.1 Å². The first kappa shape index (κ1) is 14.3. The third-order valence-electron chi connectivity index (χ3n) is 3.40. The van der Waals surface area contributed by atoms with Gasteiger partial charge in [0.2, 0.25) is 5.28 Å². The van der Waals surface area contributed by atoms with Gasteiger partial charge in [-0.3, -0.25) is 10.1 Å². The molecule has 0 aliphatic heterocycles. The van der Waals surface area contributed by atoms with Crippen molar-refractivity contribution in [2.45, 2.75) is 6.54 Å². The molecular weight excluding hydrogens is 306 g/mol. The number of non-ortho nitro benzene ring substituents is 1. The number of imidazole rings is 1. The van der Waals surface area contributed by atoms with Crippen LogP contribution in [-0.4, -0.2) is 21.6 Å². The zero-order valence-corrected chi connectivity index (χ0v) is 12.4. The Bertz CT molecular complexity index is 843. The van der Waals surface area contributed by atoms with E-state index in [0.717, 1.165) is 11.3 Å². The summed E-state index contributed by atoms with van der Waals surface area (Å²) < 4.78 is 6.86. The summed E-state index contributed by atoms with van der Waals surface area (Å²) >= 11 is 6.17. The summed E-state index contributed by atoms with van der Waals surface area (Å²) in [5, 5.41) is 11.2. The van der Waals surface area contributed by atoms with E-state index in [1.165, 1.54) is 12.1 Å². The lowest BCUT2D eigenvalue weighted by atomic mass is 10.2. The Morgan fingerprint density at radius 1 is 1.27 bits per heavy atom. The minimum atomic E-state index is -0.432. The highest BCUT2D eigenvalue weighted by atomic mass is 35.5. The van der Waals surface area contributed by atoms with E-state index in [1.54, 1.807) is 17.7 Å². The fourth-order valence-corrected chi connectivity index (χ4v) is 2.50. The molecule has 0 aliphatic carbocycles. The van der Waals surface area contributed by atoms with Crippen molar-refractivity contribution in [3.05, 3.63) is 63.4 Å². The normalized spacial score (nSPS) is 10.8. The van der Waals surface area contributed by atoms with Gasteiger partial charge in [-0.15, -0.1) is 0 Å². The van der Waals surface area contributed by atoms with Gasteiger partial charge in [-0.2, -0.15) is 0 Å². The molecule has 0 atom stereocenters. The van der Waals surface area contributed by atoms with Gasteiger partial charge in [0, 0.05) is 12.1 Å². The van der Waals surface area contributed by atoms with Crippen molar-refractivity contribution in [2.75, 3.05) is 7.11 Å². The highest BCUT2D eigenvalue weighted by Crippen LogP contribution is 2.25. The van der Waals surface area contributed by atoms with Crippen LogP contribution in [0.1, 0.15) is 5.56 Å². The monoisotopic (exact) mass is 317 g/mol. The SMILES string of the molecule is COc1ccc(Cn2c(Cl)nc3ccc([N+](=O)[O-])cc32)cc1. The Kier molecular flexibility index (Phi) is 3.68. The van der Waals surface area contributed by atoms with Crippen LogP contribution in [0.15, 0.2) is 42.5 Å². The van der Waals surface area contributed by atoms with Gasteiger partial charge in [-0.1, -0.05) is 12.1 Å². The third-order valence-corrected chi connectivity index (χ3v) is 3.68. The van der Waals surface area contributed by atoms with Crippen LogP contribution in [0.4, 0.5) is 5.69 Å². The van der Waals surface area contributed by atoms with Crippen molar-refractivity contribution in [1.82, 2.24) is 9.55 Å². The maximum absolute atomic E-state index is 10.9. The van der Waals surface area contributed by atoms with Gasteiger partial charge in [0.25, 0.3) is 5.69 Å².